The monoisotopic (exact) mass is 248 g/mol. The number of carbonyl (C=O) groups excluding carboxylic acids is 1. The van der Waals surface area contributed by atoms with Gasteiger partial charge in [-0.2, -0.15) is 5.10 Å². The van der Waals surface area contributed by atoms with Gasteiger partial charge in [0.25, 0.3) is 11.5 Å². The van der Waals surface area contributed by atoms with E-state index in [9.17, 15) is 14.0 Å². The first kappa shape index (κ1) is 11.8. The summed E-state index contributed by atoms with van der Waals surface area (Å²) < 4.78 is 13.4. The second kappa shape index (κ2) is 4.66. The number of nitrogen functional groups attached to an aromatic ring is 1. The molecule has 0 aliphatic heterocycles. The largest absolute Gasteiger partial charge is 0.399 e. The summed E-state index contributed by atoms with van der Waals surface area (Å²) in [6.45, 7) is 0. The molecular weight excluding hydrogens is 239 g/mol. The second-order valence-corrected chi connectivity index (χ2v) is 3.50. The molecule has 0 spiro atoms. The first-order valence-electron chi connectivity index (χ1n) is 4.98. The Bertz CT molecular complexity index is 633. The third-order valence-corrected chi connectivity index (χ3v) is 2.16. The maximum absolute atomic E-state index is 13.4. The van der Waals surface area contributed by atoms with E-state index in [0.29, 0.717) is 0 Å². The van der Waals surface area contributed by atoms with Crippen molar-refractivity contribution in [1.82, 2.24) is 10.2 Å². The number of nitrogens with one attached hydrogen (secondary N) is 2. The summed E-state index contributed by atoms with van der Waals surface area (Å²) in [6, 6.07) is 6.24. The third-order valence-electron chi connectivity index (χ3n) is 2.16. The lowest BCUT2D eigenvalue weighted by Gasteiger charge is -2.05. The fourth-order valence-electron chi connectivity index (χ4n) is 1.31. The standard InChI is InChI=1S/C11H9FN4O2/c12-8-5-6(13)1-2-7(8)11(18)14-9-3-4-10(17)16-15-9/h1-5H,13H2,(H,16,17)(H,14,15,18). The predicted octanol–water partition coefficient (Wildman–Crippen LogP) is 0.744. The minimum atomic E-state index is -0.725. The molecule has 92 valence electrons. The number of hydrogen-bond acceptors (Lipinski definition) is 4. The molecular formula is C11H9FN4O2. The molecule has 0 aliphatic carbocycles. The molecule has 1 heterocycles. The van der Waals surface area contributed by atoms with Gasteiger partial charge in [-0.05, 0) is 24.3 Å². The molecule has 0 saturated heterocycles. The zero-order valence-corrected chi connectivity index (χ0v) is 9.11. The molecule has 0 aliphatic rings. The van der Waals surface area contributed by atoms with Crippen LogP contribution in [0.5, 0.6) is 0 Å². The number of rotatable bonds is 2. The summed E-state index contributed by atoms with van der Waals surface area (Å²) in [6.07, 6.45) is 0. The van der Waals surface area contributed by atoms with Crippen molar-refractivity contribution in [2.75, 3.05) is 11.1 Å². The van der Waals surface area contributed by atoms with Gasteiger partial charge in [-0.25, -0.2) is 9.49 Å². The molecule has 1 aromatic heterocycles. The van der Waals surface area contributed by atoms with E-state index in [1.54, 1.807) is 0 Å². The van der Waals surface area contributed by atoms with Crippen LogP contribution < -0.4 is 16.6 Å². The van der Waals surface area contributed by atoms with E-state index in [0.717, 1.165) is 6.07 Å². The second-order valence-electron chi connectivity index (χ2n) is 3.50. The molecule has 0 saturated carbocycles. The normalized spacial score (nSPS) is 10.1. The van der Waals surface area contributed by atoms with Crippen LogP contribution in [0.3, 0.4) is 0 Å². The van der Waals surface area contributed by atoms with Gasteiger partial charge in [0.05, 0.1) is 5.56 Å². The zero-order valence-electron chi connectivity index (χ0n) is 9.11. The van der Waals surface area contributed by atoms with Crippen molar-refractivity contribution in [1.29, 1.82) is 0 Å². The average molecular weight is 248 g/mol. The summed E-state index contributed by atoms with van der Waals surface area (Å²) in [5.74, 6) is -1.28. The van der Waals surface area contributed by atoms with Crippen molar-refractivity contribution in [2.45, 2.75) is 0 Å². The van der Waals surface area contributed by atoms with Crippen LogP contribution in [0.15, 0.2) is 35.1 Å². The van der Waals surface area contributed by atoms with Gasteiger partial charge >= 0.3 is 0 Å². The van der Waals surface area contributed by atoms with E-state index in [-0.39, 0.29) is 17.1 Å². The highest BCUT2D eigenvalue weighted by atomic mass is 19.1. The number of nitrogens with two attached hydrogens (primary N) is 1. The van der Waals surface area contributed by atoms with Gasteiger partial charge in [0, 0.05) is 11.8 Å². The van der Waals surface area contributed by atoms with Gasteiger partial charge in [0.2, 0.25) is 0 Å². The Hall–Kier alpha value is -2.70. The minimum Gasteiger partial charge on any atom is -0.399 e. The van der Waals surface area contributed by atoms with Crippen molar-refractivity contribution in [3.05, 3.63) is 52.1 Å². The lowest BCUT2D eigenvalue weighted by Crippen LogP contribution is -2.17. The smallest absolute Gasteiger partial charge is 0.264 e. The van der Waals surface area contributed by atoms with Gasteiger partial charge in [-0.3, -0.25) is 9.59 Å². The van der Waals surface area contributed by atoms with Crippen molar-refractivity contribution in [3.63, 3.8) is 0 Å². The Balaban J connectivity index is 2.22. The van der Waals surface area contributed by atoms with Crippen LogP contribution in [0.25, 0.3) is 0 Å². The van der Waals surface area contributed by atoms with Gasteiger partial charge in [0.1, 0.15) is 5.82 Å². The lowest BCUT2D eigenvalue weighted by molar-refractivity contribution is 0.102. The number of H-pyrrole nitrogens is 1. The van der Waals surface area contributed by atoms with E-state index >= 15 is 0 Å². The number of amides is 1. The number of benzene rings is 1. The molecule has 0 unspecified atom stereocenters. The highest BCUT2D eigenvalue weighted by Crippen LogP contribution is 2.13. The maximum atomic E-state index is 13.4. The van der Waals surface area contributed by atoms with Crippen LogP contribution in [-0.4, -0.2) is 16.1 Å². The Kier molecular flexibility index (Phi) is 3.05. The predicted molar refractivity (Wildman–Crippen MR) is 63.6 cm³/mol. The molecule has 1 aromatic carbocycles. The molecule has 0 atom stereocenters. The van der Waals surface area contributed by atoms with Crippen LogP contribution in [0.1, 0.15) is 10.4 Å². The summed E-state index contributed by atoms with van der Waals surface area (Å²) in [5.41, 5.74) is 5.05. The van der Waals surface area contributed by atoms with Gasteiger partial charge < -0.3 is 11.1 Å². The Morgan fingerprint density at radius 1 is 1.33 bits per heavy atom. The fraction of sp³-hybridized carbons (Fsp3) is 0. The van der Waals surface area contributed by atoms with Crippen LogP contribution in [0.4, 0.5) is 15.9 Å². The molecule has 7 heteroatoms. The number of carbonyl (C=O) groups is 1. The zero-order chi connectivity index (χ0) is 13.1. The van der Waals surface area contributed by atoms with Crippen molar-refractivity contribution in [2.24, 2.45) is 0 Å². The molecule has 0 fully saturated rings. The number of halogens is 1. The van der Waals surface area contributed by atoms with Crippen LogP contribution >= 0.6 is 0 Å². The third kappa shape index (κ3) is 2.51. The average Bonchev–Trinajstić information content (AvgIpc) is 2.32. The van der Waals surface area contributed by atoms with Crippen LogP contribution in [0.2, 0.25) is 0 Å². The first-order chi connectivity index (χ1) is 8.56. The van der Waals surface area contributed by atoms with Crippen molar-refractivity contribution < 1.29 is 9.18 Å². The molecule has 6 nitrogen and oxygen atoms in total. The molecule has 18 heavy (non-hydrogen) atoms. The summed E-state index contributed by atoms with van der Waals surface area (Å²) >= 11 is 0. The molecule has 0 bridgehead atoms. The summed E-state index contributed by atoms with van der Waals surface area (Å²) in [7, 11) is 0. The van der Waals surface area contributed by atoms with Crippen molar-refractivity contribution in [3.8, 4) is 0 Å². The van der Waals surface area contributed by atoms with Crippen LogP contribution in [-0.2, 0) is 0 Å². The van der Waals surface area contributed by atoms with E-state index in [1.165, 1.54) is 24.3 Å². The number of aromatic amines is 1. The van der Waals surface area contributed by atoms with E-state index in [2.05, 4.69) is 15.5 Å². The highest BCUT2D eigenvalue weighted by molar-refractivity contribution is 6.04. The number of hydrogen-bond donors (Lipinski definition) is 3. The Morgan fingerprint density at radius 2 is 2.11 bits per heavy atom. The maximum Gasteiger partial charge on any atom is 0.264 e. The molecule has 0 radical (unpaired) electrons. The molecule has 2 rings (SSSR count). The Labute approximate surface area is 101 Å². The Morgan fingerprint density at radius 3 is 2.72 bits per heavy atom. The van der Waals surface area contributed by atoms with E-state index in [4.69, 9.17) is 5.73 Å². The number of nitrogens with zero attached hydrogens (tertiary/aromatic N) is 1. The van der Waals surface area contributed by atoms with Crippen molar-refractivity contribution >= 4 is 17.4 Å². The van der Waals surface area contributed by atoms with Gasteiger partial charge in [-0.1, -0.05) is 0 Å². The number of aromatic nitrogens is 2. The molecule has 4 N–H and O–H groups in total. The van der Waals surface area contributed by atoms with Gasteiger partial charge in [0.15, 0.2) is 5.82 Å². The quantitative estimate of drug-likeness (QED) is 0.682. The van der Waals surface area contributed by atoms with Gasteiger partial charge in [-0.15, -0.1) is 0 Å². The lowest BCUT2D eigenvalue weighted by atomic mass is 10.2. The topological polar surface area (TPSA) is 101 Å². The number of anilines is 2. The highest BCUT2D eigenvalue weighted by Gasteiger charge is 2.12. The summed E-state index contributed by atoms with van der Waals surface area (Å²) in [4.78, 5) is 22.5. The molecule has 1 amide bonds. The van der Waals surface area contributed by atoms with Crippen LogP contribution in [0, 0.1) is 5.82 Å². The first-order valence-corrected chi connectivity index (χ1v) is 4.98. The van der Waals surface area contributed by atoms with E-state index in [1.807, 2.05) is 0 Å². The van der Waals surface area contributed by atoms with E-state index < -0.39 is 17.3 Å². The minimum absolute atomic E-state index is 0.121. The SMILES string of the molecule is Nc1ccc(C(=O)Nc2ccc(=O)[nH]n2)c(F)c1. The fourth-order valence-corrected chi connectivity index (χ4v) is 1.31. The molecule has 2 aromatic rings. The summed E-state index contributed by atoms with van der Waals surface area (Å²) in [5, 5.41) is 8.07.